The Kier molecular flexibility index (Phi) is 10.8. The molecule has 2 saturated heterocycles. The zero-order valence-electron chi connectivity index (χ0n) is 19.5. The highest BCUT2D eigenvalue weighted by molar-refractivity contribution is 14.0. The predicted molar refractivity (Wildman–Crippen MR) is 136 cm³/mol. The van der Waals surface area contributed by atoms with Crippen LogP contribution in [0.2, 0.25) is 0 Å². The summed E-state index contributed by atoms with van der Waals surface area (Å²) in [6.45, 7) is 10.1. The van der Waals surface area contributed by atoms with E-state index in [2.05, 4.69) is 29.3 Å². The first-order chi connectivity index (χ1) is 15.1. The molecule has 9 heteroatoms. The van der Waals surface area contributed by atoms with Gasteiger partial charge in [-0.1, -0.05) is 12.1 Å². The Morgan fingerprint density at radius 1 is 1.09 bits per heavy atom. The van der Waals surface area contributed by atoms with Crippen LogP contribution in [0.1, 0.15) is 32.3 Å². The monoisotopic (exact) mass is 560 g/mol. The number of carbonyl (C=O) groups excluding carboxylic acids is 1. The Bertz CT molecular complexity index is 730. The minimum atomic E-state index is -0.232. The third-order valence-corrected chi connectivity index (χ3v) is 6.12. The third kappa shape index (κ3) is 6.63. The Morgan fingerprint density at radius 3 is 2.28 bits per heavy atom. The molecule has 32 heavy (non-hydrogen) atoms. The summed E-state index contributed by atoms with van der Waals surface area (Å²) in [6.07, 6.45) is 1.65. The number of halogens is 1. The molecule has 0 aromatic heterocycles. The highest BCUT2D eigenvalue weighted by atomic mass is 127. The van der Waals surface area contributed by atoms with Crippen LogP contribution >= 0.6 is 24.0 Å². The SMILES string of the molecule is CCNC(=NCC1(c2ccc(OC)cc2)CCOCC1)N1CCN(C(=O)OCC)CC1.I. The topological polar surface area (TPSA) is 75.6 Å². The number of hydrogen-bond acceptors (Lipinski definition) is 5. The fraction of sp³-hybridized carbons (Fsp3) is 0.652. The first-order valence-corrected chi connectivity index (χ1v) is 11.3. The number of benzene rings is 1. The van der Waals surface area contributed by atoms with E-state index in [0.29, 0.717) is 26.2 Å². The van der Waals surface area contributed by atoms with Crippen LogP contribution in [0.15, 0.2) is 29.3 Å². The van der Waals surface area contributed by atoms with E-state index in [-0.39, 0.29) is 35.5 Å². The maximum Gasteiger partial charge on any atom is 0.409 e. The predicted octanol–water partition coefficient (Wildman–Crippen LogP) is 3.10. The quantitative estimate of drug-likeness (QED) is 0.328. The number of rotatable bonds is 6. The number of nitrogens with one attached hydrogen (secondary N) is 1. The van der Waals surface area contributed by atoms with Gasteiger partial charge in [0, 0.05) is 51.4 Å². The lowest BCUT2D eigenvalue weighted by molar-refractivity contribution is 0.0529. The van der Waals surface area contributed by atoms with Gasteiger partial charge in [0.15, 0.2) is 5.96 Å². The summed E-state index contributed by atoms with van der Waals surface area (Å²) in [4.78, 5) is 21.1. The molecule has 2 aliphatic rings. The molecule has 1 aromatic rings. The lowest BCUT2D eigenvalue weighted by Crippen LogP contribution is -2.54. The molecule has 8 nitrogen and oxygen atoms in total. The molecule has 2 aliphatic heterocycles. The van der Waals surface area contributed by atoms with Gasteiger partial charge in [-0.05, 0) is 44.4 Å². The Morgan fingerprint density at radius 2 is 1.72 bits per heavy atom. The van der Waals surface area contributed by atoms with Gasteiger partial charge in [-0.3, -0.25) is 4.99 Å². The number of aliphatic imine (C=N–C) groups is 1. The smallest absolute Gasteiger partial charge is 0.409 e. The second-order valence-electron chi connectivity index (χ2n) is 7.96. The van der Waals surface area contributed by atoms with Crippen molar-refractivity contribution in [2.45, 2.75) is 32.1 Å². The molecule has 1 aromatic carbocycles. The average molecular weight is 560 g/mol. The number of piperazine rings is 1. The minimum Gasteiger partial charge on any atom is -0.497 e. The number of guanidine groups is 1. The van der Waals surface area contributed by atoms with Crippen molar-refractivity contribution in [2.75, 3.05) is 66.2 Å². The molecule has 180 valence electrons. The maximum absolute atomic E-state index is 12.0. The zero-order valence-corrected chi connectivity index (χ0v) is 21.8. The summed E-state index contributed by atoms with van der Waals surface area (Å²) >= 11 is 0. The molecule has 0 radical (unpaired) electrons. The molecule has 2 fully saturated rings. The molecular formula is C23H37IN4O4. The van der Waals surface area contributed by atoms with E-state index in [0.717, 1.165) is 57.4 Å². The standard InChI is InChI=1S/C23H36N4O4.HI/c1-4-24-21(26-12-14-27(15-13-26)22(28)31-5-2)25-18-23(10-16-30-17-11-23)19-6-8-20(29-3)9-7-19;/h6-9H,4-5,10-18H2,1-3H3,(H,24,25);1H. The number of carbonyl (C=O) groups is 1. The van der Waals surface area contributed by atoms with Crippen LogP contribution in [0, 0.1) is 0 Å². The second kappa shape index (κ2) is 13.1. The van der Waals surface area contributed by atoms with Crippen LogP contribution in [-0.4, -0.2) is 88.1 Å². The summed E-state index contributed by atoms with van der Waals surface area (Å²) in [7, 11) is 1.69. The van der Waals surface area contributed by atoms with E-state index < -0.39 is 0 Å². The third-order valence-electron chi connectivity index (χ3n) is 6.12. The summed E-state index contributed by atoms with van der Waals surface area (Å²) in [5.74, 6) is 1.77. The Hall–Kier alpha value is -1.75. The molecule has 0 atom stereocenters. The first-order valence-electron chi connectivity index (χ1n) is 11.3. The van der Waals surface area contributed by atoms with Gasteiger partial charge in [0.05, 0.1) is 20.3 Å². The van der Waals surface area contributed by atoms with Gasteiger partial charge in [-0.2, -0.15) is 0 Å². The summed E-state index contributed by atoms with van der Waals surface area (Å²) in [5.41, 5.74) is 1.24. The van der Waals surface area contributed by atoms with Crippen LogP contribution in [-0.2, 0) is 14.9 Å². The highest BCUT2D eigenvalue weighted by Gasteiger charge is 2.35. The number of ether oxygens (including phenoxy) is 3. The van der Waals surface area contributed by atoms with Crippen molar-refractivity contribution in [3.63, 3.8) is 0 Å². The van der Waals surface area contributed by atoms with Gasteiger partial charge in [0.25, 0.3) is 0 Å². The molecule has 0 saturated carbocycles. The Labute approximate surface area is 208 Å². The number of nitrogens with zero attached hydrogens (tertiary/aromatic N) is 3. The van der Waals surface area contributed by atoms with Gasteiger partial charge < -0.3 is 29.3 Å². The van der Waals surface area contributed by atoms with Crippen LogP contribution in [0.3, 0.4) is 0 Å². The largest absolute Gasteiger partial charge is 0.497 e. The average Bonchev–Trinajstić information content (AvgIpc) is 2.82. The molecule has 3 rings (SSSR count). The lowest BCUT2D eigenvalue weighted by atomic mass is 9.74. The van der Waals surface area contributed by atoms with Gasteiger partial charge in [0.1, 0.15) is 5.75 Å². The Balaban J connectivity index is 0.00000363. The van der Waals surface area contributed by atoms with E-state index in [1.165, 1.54) is 5.56 Å². The van der Waals surface area contributed by atoms with Crippen LogP contribution in [0.25, 0.3) is 0 Å². The van der Waals surface area contributed by atoms with E-state index in [4.69, 9.17) is 19.2 Å². The highest BCUT2D eigenvalue weighted by Crippen LogP contribution is 2.36. The van der Waals surface area contributed by atoms with Crippen molar-refractivity contribution < 1.29 is 19.0 Å². The van der Waals surface area contributed by atoms with E-state index in [1.807, 2.05) is 19.1 Å². The lowest BCUT2D eigenvalue weighted by Gasteiger charge is -2.38. The molecule has 2 heterocycles. The summed E-state index contributed by atoms with van der Waals surface area (Å²) in [5, 5.41) is 3.44. The van der Waals surface area contributed by atoms with E-state index in [1.54, 1.807) is 12.0 Å². The van der Waals surface area contributed by atoms with Gasteiger partial charge in [0.2, 0.25) is 0 Å². The van der Waals surface area contributed by atoms with E-state index in [9.17, 15) is 4.79 Å². The fourth-order valence-corrected chi connectivity index (χ4v) is 4.21. The molecule has 0 unspecified atom stereocenters. The van der Waals surface area contributed by atoms with E-state index >= 15 is 0 Å². The first kappa shape index (κ1) is 26.5. The fourth-order valence-electron chi connectivity index (χ4n) is 4.21. The molecular weight excluding hydrogens is 523 g/mol. The number of hydrogen-bond donors (Lipinski definition) is 1. The van der Waals surface area contributed by atoms with Crippen molar-refractivity contribution in [3.05, 3.63) is 29.8 Å². The molecule has 0 bridgehead atoms. The van der Waals surface area contributed by atoms with Gasteiger partial charge in [-0.15, -0.1) is 24.0 Å². The molecule has 1 amide bonds. The molecule has 0 spiro atoms. The van der Waals surface area contributed by atoms with Gasteiger partial charge >= 0.3 is 6.09 Å². The second-order valence-corrected chi connectivity index (χ2v) is 7.96. The van der Waals surface area contributed by atoms with Crippen LogP contribution < -0.4 is 10.1 Å². The van der Waals surface area contributed by atoms with Gasteiger partial charge in [-0.25, -0.2) is 4.79 Å². The summed E-state index contributed by atoms with van der Waals surface area (Å²) < 4.78 is 16.1. The van der Waals surface area contributed by atoms with Crippen molar-refractivity contribution in [3.8, 4) is 5.75 Å². The normalized spacial score (nSPS) is 18.5. The van der Waals surface area contributed by atoms with Crippen LogP contribution in [0.4, 0.5) is 4.79 Å². The number of methoxy groups -OCH3 is 1. The van der Waals surface area contributed by atoms with Crippen molar-refractivity contribution >= 4 is 36.0 Å². The molecule has 1 N–H and O–H groups in total. The van der Waals surface area contributed by atoms with Crippen molar-refractivity contribution in [1.29, 1.82) is 0 Å². The summed E-state index contributed by atoms with van der Waals surface area (Å²) in [6, 6.07) is 8.36. The maximum atomic E-state index is 12.0. The van der Waals surface area contributed by atoms with Crippen molar-refractivity contribution in [2.24, 2.45) is 4.99 Å². The zero-order chi connectivity index (χ0) is 22.1. The minimum absolute atomic E-state index is 0. The van der Waals surface area contributed by atoms with Crippen LogP contribution in [0.5, 0.6) is 5.75 Å². The van der Waals surface area contributed by atoms with Crippen molar-refractivity contribution in [1.82, 2.24) is 15.1 Å². The number of amides is 1. The molecule has 0 aliphatic carbocycles.